The van der Waals surface area contributed by atoms with Crippen molar-refractivity contribution in [3.63, 3.8) is 0 Å². The van der Waals surface area contributed by atoms with Crippen LogP contribution in [0, 0.1) is 22.7 Å². The monoisotopic (exact) mass is 409 g/mol. The third-order valence-corrected chi connectivity index (χ3v) is 5.87. The van der Waals surface area contributed by atoms with Crippen LogP contribution in [0.3, 0.4) is 0 Å². The Balaban J connectivity index is 1.99. The molecule has 0 amide bonds. The molecule has 0 aliphatic carbocycles. The Bertz CT molecular complexity index is 961. The lowest BCUT2D eigenvalue weighted by Crippen LogP contribution is -2.22. The molecule has 3 rings (SSSR count). The Kier molecular flexibility index (Phi) is 7.00. The lowest BCUT2D eigenvalue weighted by molar-refractivity contribution is -0.107. The van der Waals surface area contributed by atoms with Crippen molar-refractivity contribution < 1.29 is 14.2 Å². The molecule has 150 valence electrons. The Morgan fingerprint density at radius 3 is 2.52 bits per heavy atom. The predicted molar refractivity (Wildman–Crippen MR) is 112 cm³/mol. The van der Waals surface area contributed by atoms with E-state index >= 15 is 0 Å². The summed E-state index contributed by atoms with van der Waals surface area (Å²) in [4.78, 5) is 4.18. The molecule has 0 N–H and O–H groups in total. The van der Waals surface area contributed by atoms with Crippen molar-refractivity contribution in [2.45, 2.75) is 35.8 Å². The minimum atomic E-state index is -0.289. The fraction of sp³-hybridized carbons (Fsp3) is 0.364. The van der Waals surface area contributed by atoms with Gasteiger partial charge in [0.2, 0.25) is 0 Å². The van der Waals surface area contributed by atoms with Gasteiger partial charge in [0, 0.05) is 37.0 Å². The zero-order valence-electron chi connectivity index (χ0n) is 16.8. The van der Waals surface area contributed by atoms with Crippen molar-refractivity contribution >= 4 is 23.1 Å². The molecule has 0 spiro atoms. The summed E-state index contributed by atoms with van der Waals surface area (Å²) in [6.07, 6.45) is 1.07. The number of para-hydroxylation sites is 1. The Morgan fingerprint density at radius 1 is 1.10 bits per heavy atom. The number of methoxy groups -OCH3 is 2. The van der Waals surface area contributed by atoms with Gasteiger partial charge in [0.15, 0.2) is 12.0 Å². The molecule has 1 aliphatic heterocycles. The van der Waals surface area contributed by atoms with Gasteiger partial charge in [-0.15, -0.1) is 0 Å². The van der Waals surface area contributed by atoms with Crippen LogP contribution >= 0.6 is 11.8 Å². The van der Waals surface area contributed by atoms with Crippen LogP contribution in [-0.4, -0.2) is 33.7 Å². The molecule has 1 heterocycles. The molecule has 7 heteroatoms. The topological polar surface area (TPSA) is 78.5 Å². The summed E-state index contributed by atoms with van der Waals surface area (Å²) in [6.45, 7) is 3.17. The molecule has 1 aliphatic rings. The van der Waals surface area contributed by atoms with Gasteiger partial charge in [0.25, 0.3) is 0 Å². The highest BCUT2D eigenvalue weighted by Crippen LogP contribution is 2.53. The molecule has 0 unspecified atom stereocenters. The van der Waals surface area contributed by atoms with Crippen LogP contribution in [0.15, 0.2) is 40.1 Å². The molecule has 0 bridgehead atoms. The minimum absolute atomic E-state index is 0.278. The summed E-state index contributed by atoms with van der Waals surface area (Å²) in [5, 5.41) is 19.4. The number of ether oxygens (including phenoxy) is 3. The number of rotatable bonds is 8. The Hall–Kier alpha value is -2.71. The second-order valence-electron chi connectivity index (χ2n) is 6.40. The van der Waals surface area contributed by atoms with Crippen LogP contribution < -0.4 is 9.64 Å². The van der Waals surface area contributed by atoms with Crippen LogP contribution in [0.5, 0.6) is 5.75 Å². The van der Waals surface area contributed by atoms with Gasteiger partial charge in [-0.2, -0.15) is 10.5 Å². The first kappa shape index (κ1) is 21.0. The maximum Gasteiger partial charge on any atom is 0.163 e. The molecule has 2 aromatic carbocycles. The SMILES string of the molecule is CCN1c2ccccc2Sc2cc(C#N)c(C#N)c(OCCCC(OC)OC)c21. The second-order valence-corrected chi connectivity index (χ2v) is 7.49. The van der Waals surface area contributed by atoms with E-state index in [2.05, 4.69) is 36.1 Å². The van der Waals surface area contributed by atoms with E-state index in [1.165, 1.54) is 0 Å². The van der Waals surface area contributed by atoms with Gasteiger partial charge in [-0.05, 0) is 31.5 Å². The van der Waals surface area contributed by atoms with E-state index in [1.54, 1.807) is 32.0 Å². The van der Waals surface area contributed by atoms with Crippen molar-refractivity contribution in [3.05, 3.63) is 41.5 Å². The fourth-order valence-corrected chi connectivity index (χ4v) is 4.53. The zero-order valence-corrected chi connectivity index (χ0v) is 17.6. The maximum absolute atomic E-state index is 9.76. The van der Waals surface area contributed by atoms with Gasteiger partial charge in [-0.3, -0.25) is 0 Å². The number of anilines is 2. The van der Waals surface area contributed by atoms with Crippen LogP contribution in [0.2, 0.25) is 0 Å². The average Bonchev–Trinajstić information content (AvgIpc) is 2.76. The predicted octanol–water partition coefficient (Wildman–Crippen LogP) is 4.83. The van der Waals surface area contributed by atoms with Crippen molar-refractivity contribution in [1.82, 2.24) is 0 Å². The molecular formula is C22H23N3O3S. The standard InChI is InChI=1S/C22H23N3O3S/c1-4-25-17-8-5-6-9-18(17)29-19-12-15(13-23)16(14-24)22(21(19)25)28-11-7-10-20(26-2)27-3/h5-6,8-9,12,20H,4,7,10-11H2,1-3H3. The molecule has 0 atom stereocenters. The maximum atomic E-state index is 9.76. The normalized spacial score (nSPS) is 12.1. The summed E-state index contributed by atoms with van der Waals surface area (Å²) in [6, 6.07) is 14.2. The molecule has 2 aromatic rings. The fourth-order valence-electron chi connectivity index (χ4n) is 3.39. The quantitative estimate of drug-likeness (QED) is 0.456. The molecule has 0 fully saturated rings. The number of fused-ring (bicyclic) bond motifs is 2. The third kappa shape index (κ3) is 4.18. The molecule has 6 nitrogen and oxygen atoms in total. The highest BCUT2D eigenvalue weighted by Gasteiger charge is 2.29. The highest BCUT2D eigenvalue weighted by atomic mass is 32.2. The first-order valence-electron chi connectivity index (χ1n) is 9.42. The van der Waals surface area contributed by atoms with E-state index < -0.39 is 0 Å². The van der Waals surface area contributed by atoms with Crippen molar-refractivity contribution in [3.8, 4) is 17.9 Å². The summed E-state index contributed by atoms with van der Waals surface area (Å²) in [5.41, 5.74) is 2.53. The van der Waals surface area contributed by atoms with Gasteiger partial charge in [0.05, 0.1) is 23.5 Å². The van der Waals surface area contributed by atoms with Gasteiger partial charge < -0.3 is 19.1 Å². The van der Waals surface area contributed by atoms with Gasteiger partial charge >= 0.3 is 0 Å². The zero-order chi connectivity index (χ0) is 20.8. The lowest BCUT2D eigenvalue weighted by atomic mass is 10.0. The van der Waals surface area contributed by atoms with E-state index in [4.69, 9.17) is 14.2 Å². The number of hydrogen-bond donors (Lipinski definition) is 0. The molecule has 0 radical (unpaired) electrons. The van der Waals surface area contributed by atoms with Crippen molar-refractivity contribution in [2.75, 3.05) is 32.3 Å². The third-order valence-electron chi connectivity index (χ3n) is 4.77. The van der Waals surface area contributed by atoms with Crippen LogP contribution in [0.1, 0.15) is 30.9 Å². The molecule has 0 saturated carbocycles. The van der Waals surface area contributed by atoms with E-state index in [0.29, 0.717) is 37.3 Å². The summed E-state index contributed by atoms with van der Waals surface area (Å²) >= 11 is 1.59. The van der Waals surface area contributed by atoms with Gasteiger partial charge in [0.1, 0.15) is 17.7 Å². The van der Waals surface area contributed by atoms with E-state index in [9.17, 15) is 10.5 Å². The summed E-state index contributed by atoms with van der Waals surface area (Å²) in [7, 11) is 3.20. The molecular weight excluding hydrogens is 386 g/mol. The Morgan fingerprint density at radius 2 is 1.86 bits per heavy atom. The van der Waals surface area contributed by atoms with E-state index in [-0.39, 0.29) is 11.9 Å². The minimum Gasteiger partial charge on any atom is -0.490 e. The largest absolute Gasteiger partial charge is 0.490 e. The van der Waals surface area contributed by atoms with Crippen LogP contribution in [-0.2, 0) is 9.47 Å². The number of benzene rings is 2. The van der Waals surface area contributed by atoms with Crippen LogP contribution in [0.25, 0.3) is 0 Å². The van der Waals surface area contributed by atoms with Crippen molar-refractivity contribution in [1.29, 1.82) is 10.5 Å². The average molecular weight is 410 g/mol. The van der Waals surface area contributed by atoms with E-state index in [0.717, 1.165) is 21.2 Å². The first-order chi connectivity index (χ1) is 14.2. The smallest absolute Gasteiger partial charge is 0.163 e. The number of nitriles is 2. The highest BCUT2D eigenvalue weighted by molar-refractivity contribution is 7.99. The van der Waals surface area contributed by atoms with Gasteiger partial charge in [-0.25, -0.2) is 0 Å². The van der Waals surface area contributed by atoms with E-state index in [1.807, 2.05) is 12.1 Å². The summed E-state index contributed by atoms with van der Waals surface area (Å²) < 4.78 is 16.5. The lowest BCUT2D eigenvalue weighted by Gasteiger charge is -2.33. The van der Waals surface area contributed by atoms with Crippen molar-refractivity contribution in [2.24, 2.45) is 0 Å². The number of hydrogen-bond acceptors (Lipinski definition) is 7. The van der Waals surface area contributed by atoms with Crippen LogP contribution in [0.4, 0.5) is 11.4 Å². The molecule has 0 aromatic heterocycles. The van der Waals surface area contributed by atoms with Gasteiger partial charge in [-0.1, -0.05) is 23.9 Å². The summed E-state index contributed by atoms with van der Waals surface area (Å²) in [5.74, 6) is 0.469. The Labute approximate surface area is 175 Å². The molecule has 29 heavy (non-hydrogen) atoms. The number of nitrogens with zero attached hydrogens (tertiary/aromatic N) is 3. The molecule has 0 saturated heterocycles. The second kappa shape index (κ2) is 9.67. The first-order valence-corrected chi connectivity index (χ1v) is 10.2.